The van der Waals surface area contributed by atoms with E-state index >= 15 is 0 Å². The van der Waals surface area contributed by atoms with Crippen LogP contribution in [-0.2, 0) is 11.3 Å². The Hall–Kier alpha value is -1.92. The average molecular weight is 248 g/mol. The van der Waals surface area contributed by atoms with Crippen molar-refractivity contribution in [3.05, 3.63) is 41.5 Å². The second-order valence-corrected chi connectivity index (χ2v) is 3.82. The summed E-state index contributed by atoms with van der Waals surface area (Å²) in [6.45, 7) is 0.391. The number of hydrogen-bond acceptors (Lipinski definition) is 5. The summed E-state index contributed by atoms with van der Waals surface area (Å²) in [4.78, 5) is 4.27. The molecular formula is C12H16N4O2. The standard InChI is InChI=1S/C12H16N4O2/c1-17-7-10-14-12(16-15-10)11(13)8-3-5-9(18-2)6-4-8/h3-6,11H,7,13H2,1-2H3,(H,14,15,16)/t11-/m0/s1. The van der Waals surface area contributed by atoms with Crippen LogP contribution < -0.4 is 10.5 Å². The maximum Gasteiger partial charge on any atom is 0.171 e. The summed E-state index contributed by atoms with van der Waals surface area (Å²) in [7, 11) is 3.23. The van der Waals surface area contributed by atoms with E-state index in [0.717, 1.165) is 11.3 Å². The van der Waals surface area contributed by atoms with Crippen LogP contribution in [0, 0.1) is 0 Å². The lowest BCUT2D eigenvalue weighted by atomic mass is 10.1. The van der Waals surface area contributed by atoms with Gasteiger partial charge in [-0.2, -0.15) is 5.10 Å². The maximum atomic E-state index is 6.09. The van der Waals surface area contributed by atoms with Crippen molar-refractivity contribution in [3.63, 3.8) is 0 Å². The van der Waals surface area contributed by atoms with Crippen molar-refractivity contribution in [1.29, 1.82) is 0 Å². The van der Waals surface area contributed by atoms with Crippen LogP contribution in [0.3, 0.4) is 0 Å². The molecule has 1 aromatic carbocycles. The van der Waals surface area contributed by atoms with E-state index in [-0.39, 0.29) is 6.04 Å². The van der Waals surface area contributed by atoms with E-state index in [2.05, 4.69) is 15.2 Å². The number of ether oxygens (including phenoxy) is 2. The smallest absolute Gasteiger partial charge is 0.171 e. The first kappa shape index (κ1) is 12.5. The van der Waals surface area contributed by atoms with Crippen LogP contribution in [-0.4, -0.2) is 29.4 Å². The lowest BCUT2D eigenvalue weighted by Gasteiger charge is -2.08. The predicted molar refractivity (Wildman–Crippen MR) is 66.1 cm³/mol. The number of benzene rings is 1. The molecule has 2 rings (SSSR count). The summed E-state index contributed by atoms with van der Waals surface area (Å²) in [6, 6.07) is 7.15. The van der Waals surface area contributed by atoms with Crippen LogP contribution in [0.1, 0.15) is 23.3 Å². The van der Waals surface area contributed by atoms with Crippen molar-refractivity contribution in [2.75, 3.05) is 14.2 Å². The Bertz CT molecular complexity index is 495. The molecule has 1 aromatic heterocycles. The third kappa shape index (κ3) is 2.66. The summed E-state index contributed by atoms with van der Waals surface area (Å²) in [5.74, 6) is 2.00. The molecule has 1 atom stereocenters. The first-order valence-electron chi connectivity index (χ1n) is 5.54. The van der Waals surface area contributed by atoms with Gasteiger partial charge in [0.1, 0.15) is 12.4 Å². The monoisotopic (exact) mass is 248 g/mol. The van der Waals surface area contributed by atoms with Gasteiger partial charge >= 0.3 is 0 Å². The summed E-state index contributed by atoms with van der Waals surface area (Å²) >= 11 is 0. The van der Waals surface area contributed by atoms with Gasteiger partial charge in [0.25, 0.3) is 0 Å². The quantitative estimate of drug-likeness (QED) is 0.824. The van der Waals surface area contributed by atoms with Crippen molar-refractivity contribution < 1.29 is 9.47 Å². The first-order chi connectivity index (χ1) is 8.74. The summed E-state index contributed by atoms with van der Waals surface area (Å²) in [5.41, 5.74) is 7.02. The number of H-pyrrole nitrogens is 1. The molecule has 0 bridgehead atoms. The fourth-order valence-corrected chi connectivity index (χ4v) is 1.61. The Kier molecular flexibility index (Phi) is 3.91. The SMILES string of the molecule is COCc1nc([C@@H](N)c2ccc(OC)cc2)n[nH]1. The molecule has 0 fully saturated rings. The third-order valence-electron chi connectivity index (χ3n) is 2.58. The Morgan fingerprint density at radius 3 is 2.61 bits per heavy atom. The zero-order valence-corrected chi connectivity index (χ0v) is 10.4. The van der Waals surface area contributed by atoms with Gasteiger partial charge in [-0.25, -0.2) is 4.98 Å². The van der Waals surface area contributed by atoms with Crippen molar-refractivity contribution >= 4 is 0 Å². The maximum absolute atomic E-state index is 6.09. The molecule has 0 saturated carbocycles. The molecule has 6 heteroatoms. The molecule has 0 aliphatic rings. The number of aromatic amines is 1. The van der Waals surface area contributed by atoms with E-state index in [1.165, 1.54) is 0 Å². The Morgan fingerprint density at radius 1 is 1.28 bits per heavy atom. The number of rotatable bonds is 5. The van der Waals surface area contributed by atoms with E-state index in [9.17, 15) is 0 Å². The summed E-state index contributed by atoms with van der Waals surface area (Å²) < 4.78 is 10.1. The fourth-order valence-electron chi connectivity index (χ4n) is 1.61. The zero-order chi connectivity index (χ0) is 13.0. The number of nitrogens with one attached hydrogen (secondary N) is 1. The van der Waals surface area contributed by atoms with Gasteiger partial charge in [-0.3, -0.25) is 5.10 Å². The van der Waals surface area contributed by atoms with Gasteiger partial charge in [0.05, 0.1) is 13.2 Å². The van der Waals surface area contributed by atoms with Gasteiger partial charge in [-0.15, -0.1) is 0 Å². The van der Waals surface area contributed by atoms with E-state index < -0.39 is 0 Å². The lowest BCUT2D eigenvalue weighted by molar-refractivity contribution is 0.178. The molecule has 0 radical (unpaired) electrons. The number of nitrogens with two attached hydrogens (primary N) is 1. The normalized spacial score (nSPS) is 12.4. The van der Waals surface area contributed by atoms with Gasteiger partial charge in [-0.05, 0) is 17.7 Å². The summed E-state index contributed by atoms with van der Waals surface area (Å²) in [5, 5.41) is 6.87. The Labute approximate surface area is 105 Å². The lowest BCUT2D eigenvalue weighted by Crippen LogP contribution is -2.13. The molecule has 1 heterocycles. The molecule has 0 spiro atoms. The second-order valence-electron chi connectivity index (χ2n) is 3.82. The number of nitrogens with zero attached hydrogens (tertiary/aromatic N) is 2. The minimum absolute atomic E-state index is 0.363. The first-order valence-corrected chi connectivity index (χ1v) is 5.54. The largest absolute Gasteiger partial charge is 0.497 e. The Morgan fingerprint density at radius 2 is 2.00 bits per heavy atom. The highest BCUT2D eigenvalue weighted by Crippen LogP contribution is 2.19. The molecule has 0 aliphatic heterocycles. The number of methoxy groups -OCH3 is 2. The average Bonchev–Trinajstić information content (AvgIpc) is 2.87. The molecule has 2 aromatic rings. The number of aromatic nitrogens is 3. The van der Waals surface area contributed by atoms with Crippen LogP contribution in [0.2, 0.25) is 0 Å². The van der Waals surface area contributed by atoms with Gasteiger partial charge < -0.3 is 15.2 Å². The van der Waals surface area contributed by atoms with E-state index in [1.807, 2.05) is 24.3 Å². The number of hydrogen-bond donors (Lipinski definition) is 2. The zero-order valence-electron chi connectivity index (χ0n) is 10.4. The van der Waals surface area contributed by atoms with Gasteiger partial charge in [0, 0.05) is 7.11 Å². The van der Waals surface area contributed by atoms with Crippen molar-refractivity contribution in [1.82, 2.24) is 15.2 Å². The minimum Gasteiger partial charge on any atom is -0.497 e. The summed E-state index contributed by atoms with van der Waals surface area (Å²) in [6.07, 6.45) is 0. The minimum atomic E-state index is -0.363. The molecular weight excluding hydrogens is 232 g/mol. The molecule has 6 nitrogen and oxygen atoms in total. The van der Waals surface area contributed by atoms with Gasteiger partial charge in [-0.1, -0.05) is 12.1 Å². The van der Waals surface area contributed by atoms with Crippen molar-refractivity contribution in [3.8, 4) is 5.75 Å². The highest BCUT2D eigenvalue weighted by molar-refractivity contribution is 5.31. The highest BCUT2D eigenvalue weighted by Gasteiger charge is 2.14. The molecule has 96 valence electrons. The molecule has 3 N–H and O–H groups in total. The molecule has 0 unspecified atom stereocenters. The van der Waals surface area contributed by atoms with Crippen molar-refractivity contribution in [2.45, 2.75) is 12.6 Å². The topological polar surface area (TPSA) is 86.1 Å². The van der Waals surface area contributed by atoms with Crippen LogP contribution in [0.15, 0.2) is 24.3 Å². The van der Waals surface area contributed by atoms with Crippen LogP contribution in [0.4, 0.5) is 0 Å². The molecule has 0 amide bonds. The molecule has 0 saturated heterocycles. The van der Waals surface area contributed by atoms with Gasteiger partial charge in [0.2, 0.25) is 0 Å². The second kappa shape index (κ2) is 5.61. The van der Waals surface area contributed by atoms with Crippen LogP contribution >= 0.6 is 0 Å². The van der Waals surface area contributed by atoms with E-state index in [1.54, 1.807) is 14.2 Å². The molecule has 18 heavy (non-hydrogen) atoms. The van der Waals surface area contributed by atoms with Crippen LogP contribution in [0.25, 0.3) is 0 Å². The van der Waals surface area contributed by atoms with Crippen molar-refractivity contribution in [2.24, 2.45) is 5.73 Å². The highest BCUT2D eigenvalue weighted by atomic mass is 16.5. The third-order valence-corrected chi connectivity index (χ3v) is 2.58. The fraction of sp³-hybridized carbons (Fsp3) is 0.333. The van der Waals surface area contributed by atoms with E-state index in [4.69, 9.17) is 15.2 Å². The van der Waals surface area contributed by atoms with E-state index in [0.29, 0.717) is 18.3 Å². The molecule has 0 aliphatic carbocycles. The Balaban J connectivity index is 2.15. The predicted octanol–water partition coefficient (Wildman–Crippen LogP) is 1.01. The van der Waals surface area contributed by atoms with Gasteiger partial charge in [0.15, 0.2) is 11.6 Å². The van der Waals surface area contributed by atoms with Crippen LogP contribution in [0.5, 0.6) is 5.75 Å².